The first kappa shape index (κ1) is 24.0. The SMILES string of the molecule is COc1ccc([C@@]2(CC(=O)N(C)C[C@H](O)c3ccccc3)CC(=O)N(C3CCCC3)C2=O)cc1. The summed E-state index contributed by atoms with van der Waals surface area (Å²) in [6.07, 6.45) is 2.61. The number of methoxy groups -OCH3 is 1. The summed E-state index contributed by atoms with van der Waals surface area (Å²) in [6.45, 7) is 0.0933. The second-order valence-electron chi connectivity index (χ2n) is 9.37. The summed E-state index contributed by atoms with van der Waals surface area (Å²) < 4.78 is 5.25. The Morgan fingerprint density at radius 2 is 1.76 bits per heavy atom. The third-order valence-electron chi connectivity index (χ3n) is 7.19. The average molecular weight is 465 g/mol. The fourth-order valence-electron chi connectivity index (χ4n) is 5.21. The van der Waals surface area contributed by atoms with E-state index in [4.69, 9.17) is 4.74 Å². The molecule has 1 N–H and O–H groups in total. The van der Waals surface area contributed by atoms with Gasteiger partial charge in [0.1, 0.15) is 5.75 Å². The molecule has 180 valence electrons. The highest BCUT2D eigenvalue weighted by molar-refractivity contribution is 6.11. The topological polar surface area (TPSA) is 87.2 Å². The van der Waals surface area contributed by atoms with Crippen LogP contribution in [-0.2, 0) is 19.8 Å². The van der Waals surface area contributed by atoms with Gasteiger partial charge in [-0.3, -0.25) is 19.3 Å². The molecule has 0 spiro atoms. The molecule has 1 aliphatic heterocycles. The fraction of sp³-hybridized carbons (Fsp3) is 0.444. The second-order valence-corrected chi connectivity index (χ2v) is 9.37. The Labute approximate surface area is 200 Å². The predicted octanol–water partition coefficient (Wildman–Crippen LogP) is 3.22. The van der Waals surface area contributed by atoms with Crippen LogP contribution in [0.25, 0.3) is 0 Å². The minimum absolute atomic E-state index is 0.0323. The fourth-order valence-corrected chi connectivity index (χ4v) is 5.21. The van der Waals surface area contributed by atoms with Crippen LogP contribution in [0.3, 0.4) is 0 Å². The molecule has 2 aliphatic rings. The first-order valence-corrected chi connectivity index (χ1v) is 11.8. The lowest BCUT2D eigenvalue weighted by Gasteiger charge is -2.31. The highest BCUT2D eigenvalue weighted by atomic mass is 16.5. The first-order chi connectivity index (χ1) is 16.4. The highest BCUT2D eigenvalue weighted by Crippen LogP contribution is 2.43. The molecule has 34 heavy (non-hydrogen) atoms. The van der Waals surface area contributed by atoms with E-state index in [-0.39, 0.29) is 43.1 Å². The Balaban J connectivity index is 1.60. The van der Waals surface area contributed by atoms with Crippen molar-refractivity contribution in [3.63, 3.8) is 0 Å². The number of likely N-dealkylation sites (tertiary alicyclic amines) is 1. The van der Waals surface area contributed by atoms with Crippen LogP contribution in [0.5, 0.6) is 5.75 Å². The van der Waals surface area contributed by atoms with E-state index in [1.54, 1.807) is 50.6 Å². The maximum absolute atomic E-state index is 13.8. The smallest absolute Gasteiger partial charge is 0.241 e. The zero-order valence-corrected chi connectivity index (χ0v) is 19.8. The van der Waals surface area contributed by atoms with E-state index >= 15 is 0 Å². The van der Waals surface area contributed by atoms with E-state index in [0.29, 0.717) is 16.9 Å². The number of imide groups is 1. The molecule has 2 aromatic rings. The van der Waals surface area contributed by atoms with Crippen LogP contribution < -0.4 is 4.74 Å². The zero-order chi connectivity index (χ0) is 24.3. The van der Waals surface area contributed by atoms with Crippen molar-refractivity contribution in [1.29, 1.82) is 0 Å². The van der Waals surface area contributed by atoms with Crippen LogP contribution in [0.4, 0.5) is 0 Å². The van der Waals surface area contributed by atoms with Gasteiger partial charge in [0.25, 0.3) is 0 Å². The Hall–Kier alpha value is -3.19. The average Bonchev–Trinajstić information content (AvgIpc) is 3.46. The van der Waals surface area contributed by atoms with Crippen LogP contribution in [0.1, 0.15) is 55.8 Å². The number of aliphatic hydroxyl groups excluding tert-OH is 1. The quantitative estimate of drug-likeness (QED) is 0.606. The lowest BCUT2D eigenvalue weighted by Crippen LogP contribution is -2.45. The van der Waals surface area contributed by atoms with E-state index in [2.05, 4.69) is 0 Å². The standard InChI is InChI=1S/C27H32N2O5/c1-28(18-23(30)19-8-4-3-5-9-19)24(31)16-27(20-12-14-22(34-2)15-13-20)17-25(32)29(26(27)33)21-10-6-7-11-21/h3-5,8-9,12-15,21,23,30H,6-7,10-11,16-18H2,1-2H3/t23-,27+/m0/s1. The molecule has 1 aliphatic carbocycles. The normalized spacial score (nSPS) is 21.7. The van der Waals surface area contributed by atoms with Crippen molar-refractivity contribution in [2.45, 2.75) is 56.1 Å². The maximum Gasteiger partial charge on any atom is 0.241 e. The molecule has 7 nitrogen and oxygen atoms in total. The van der Waals surface area contributed by atoms with Gasteiger partial charge >= 0.3 is 0 Å². The van der Waals surface area contributed by atoms with Crippen molar-refractivity contribution in [1.82, 2.24) is 9.80 Å². The van der Waals surface area contributed by atoms with Crippen molar-refractivity contribution < 1.29 is 24.2 Å². The third kappa shape index (κ3) is 4.57. The van der Waals surface area contributed by atoms with E-state index in [1.165, 1.54) is 9.80 Å². The van der Waals surface area contributed by atoms with Crippen molar-refractivity contribution in [2.24, 2.45) is 0 Å². The van der Waals surface area contributed by atoms with E-state index in [0.717, 1.165) is 25.7 Å². The van der Waals surface area contributed by atoms with Gasteiger partial charge in [-0.2, -0.15) is 0 Å². The Morgan fingerprint density at radius 3 is 2.38 bits per heavy atom. The van der Waals surface area contributed by atoms with Crippen molar-refractivity contribution in [3.8, 4) is 5.75 Å². The second kappa shape index (κ2) is 9.97. The minimum Gasteiger partial charge on any atom is -0.497 e. The van der Waals surface area contributed by atoms with Crippen molar-refractivity contribution >= 4 is 17.7 Å². The molecule has 7 heteroatoms. The summed E-state index contributed by atoms with van der Waals surface area (Å²) in [5, 5.41) is 10.6. The molecule has 1 saturated carbocycles. The van der Waals surface area contributed by atoms with Crippen molar-refractivity contribution in [3.05, 3.63) is 65.7 Å². The van der Waals surface area contributed by atoms with Gasteiger partial charge in [0.2, 0.25) is 17.7 Å². The van der Waals surface area contributed by atoms with E-state index in [1.807, 2.05) is 18.2 Å². The van der Waals surface area contributed by atoms with Crippen LogP contribution in [0, 0.1) is 0 Å². The molecule has 2 atom stereocenters. The molecule has 0 aromatic heterocycles. The van der Waals surface area contributed by atoms with Gasteiger partial charge in [0.15, 0.2) is 0 Å². The number of benzene rings is 2. The van der Waals surface area contributed by atoms with E-state index in [9.17, 15) is 19.5 Å². The van der Waals surface area contributed by atoms with Crippen LogP contribution >= 0.6 is 0 Å². The molecule has 1 saturated heterocycles. The molecular weight excluding hydrogens is 432 g/mol. The van der Waals surface area contributed by atoms with Gasteiger partial charge in [-0.05, 0) is 36.1 Å². The van der Waals surface area contributed by atoms with Gasteiger partial charge in [0.05, 0.1) is 25.2 Å². The molecule has 4 rings (SSSR count). The lowest BCUT2D eigenvalue weighted by atomic mass is 9.75. The molecule has 2 aromatic carbocycles. The monoisotopic (exact) mass is 464 g/mol. The summed E-state index contributed by atoms with van der Waals surface area (Å²) in [5.41, 5.74) is 0.0960. The zero-order valence-electron chi connectivity index (χ0n) is 19.8. The Bertz CT molecular complexity index is 1030. The number of likely N-dealkylation sites (N-methyl/N-ethyl adjacent to an activating group) is 1. The maximum atomic E-state index is 13.8. The van der Waals surface area contributed by atoms with Crippen LogP contribution in [0.15, 0.2) is 54.6 Å². The number of nitrogens with zero attached hydrogens (tertiary/aromatic N) is 2. The highest BCUT2D eigenvalue weighted by Gasteiger charge is 2.55. The molecule has 1 heterocycles. The van der Waals surface area contributed by atoms with Gasteiger partial charge < -0.3 is 14.7 Å². The van der Waals surface area contributed by atoms with Gasteiger partial charge in [-0.15, -0.1) is 0 Å². The van der Waals surface area contributed by atoms with E-state index < -0.39 is 11.5 Å². The van der Waals surface area contributed by atoms with Crippen LogP contribution in [0.2, 0.25) is 0 Å². The van der Waals surface area contributed by atoms with Gasteiger partial charge in [-0.1, -0.05) is 55.3 Å². The number of carbonyl (C=O) groups excluding carboxylic acids is 3. The minimum atomic E-state index is -1.25. The molecule has 3 amide bonds. The number of ether oxygens (including phenoxy) is 1. The molecule has 2 fully saturated rings. The summed E-state index contributed by atoms with van der Waals surface area (Å²) >= 11 is 0. The third-order valence-corrected chi connectivity index (χ3v) is 7.19. The number of amides is 3. The van der Waals surface area contributed by atoms with Crippen LogP contribution in [-0.4, -0.2) is 59.4 Å². The Kier molecular flexibility index (Phi) is 7.03. The molecule has 0 bridgehead atoms. The summed E-state index contributed by atoms with van der Waals surface area (Å²) in [6, 6.07) is 16.1. The van der Waals surface area contributed by atoms with Gasteiger partial charge in [-0.25, -0.2) is 0 Å². The van der Waals surface area contributed by atoms with Gasteiger partial charge in [0, 0.05) is 25.9 Å². The number of hydrogen-bond donors (Lipinski definition) is 1. The molecular formula is C27H32N2O5. The number of hydrogen-bond acceptors (Lipinski definition) is 5. The van der Waals surface area contributed by atoms with Crippen molar-refractivity contribution in [2.75, 3.05) is 20.7 Å². The number of carbonyl (C=O) groups is 3. The molecule has 0 unspecified atom stereocenters. The largest absolute Gasteiger partial charge is 0.497 e. The Morgan fingerprint density at radius 1 is 1.12 bits per heavy atom. The number of aliphatic hydroxyl groups is 1. The predicted molar refractivity (Wildman–Crippen MR) is 127 cm³/mol. The molecule has 0 radical (unpaired) electrons. The summed E-state index contributed by atoms with van der Waals surface area (Å²) in [7, 11) is 3.18. The first-order valence-electron chi connectivity index (χ1n) is 11.8. The summed E-state index contributed by atoms with van der Waals surface area (Å²) in [4.78, 5) is 43.2. The number of rotatable bonds is 8. The lowest BCUT2D eigenvalue weighted by molar-refractivity contribution is -0.144. The summed E-state index contributed by atoms with van der Waals surface area (Å²) in [5.74, 6) is -0.162.